The molecule has 2 N–H and O–H groups in total. The van der Waals surface area contributed by atoms with Crippen molar-refractivity contribution in [3.8, 4) is 0 Å². The Hall–Kier alpha value is -0.610. The summed E-state index contributed by atoms with van der Waals surface area (Å²) in [5.74, 6) is 1.45. The normalized spacial score (nSPS) is 30.1. The zero-order valence-electron chi connectivity index (χ0n) is 13.6. The van der Waals surface area contributed by atoms with E-state index in [9.17, 15) is 4.79 Å². The molecule has 0 aromatic heterocycles. The van der Waals surface area contributed by atoms with Crippen molar-refractivity contribution >= 4 is 5.97 Å². The molecule has 0 amide bonds. The summed E-state index contributed by atoms with van der Waals surface area (Å²) < 4.78 is 11.0. The summed E-state index contributed by atoms with van der Waals surface area (Å²) >= 11 is 0. The van der Waals surface area contributed by atoms with E-state index < -0.39 is 5.54 Å². The molecule has 118 valence electrons. The molecular weight excluding hydrogens is 254 g/mol. The summed E-state index contributed by atoms with van der Waals surface area (Å²) in [5.41, 5.74) is 4.96. The summed E-state index contributed by atoms with van der Waals surface area (Å²) in [6.07, 6.45) is 3.72. The number of hydrogen-bond donors (Lipinski definition) is 1. The van der Waals surface area contributed by atoms with Gasteiger partial charge in [-0.2, -0.15) is 0 Å². The molecule has 0 spiro atoms. The number of nitrogens with two attached hydrogens (primary N) is 1. The van der Waals surface area contributed by atoms with E-state index in [2.05, 4.69) is 20.8 Å². The van der Waals surface area contributed by atoms with Crippen molar-refractivity contribution in [2.24, 2.45) is 23.5 Å². The van der Waals surface area contributed by atoms with Gasteiger partial charge in [-0.1, -0.05) is 27.2 Å². The predicted molar refractivity (Wildman–Crippen MR) is 80.3 cm³/mol. The largest absolute Gasteiger partial charge is 0.465 e. The fourth-order valence-electron chi connectivity index (χ4n) is 2.94. The number of ether oxygens (including phenoxy) is 2. The van der Waals surface area contributed by atoms with Crippen LogP contribution >= 0.6 is 0 Å². The lowest BCUT2D eigenvalue weighted by molar-refractivity contribution is -0.153. The smallest absolute Gasteiger partial charge is 0.328 e. The lowest BCUT2D eigenvalue weighted by Gasteiger charge is -2.38. The molecule has 0 aromatic carbocycles. The Bertz CT molecular complexity index is 315. The lowest BCUT2D eigenvalue weighted by Crippen LogP contribution is -2.51. The van der Waals surface area contributed by atoms with Crippen molar-refractivity contribution in [1.82, 2.24) is 0 Å². The van der Waals surface area contributed by atoms with Crippen molar-refractivity contribution in [3.05, 3.63) is 0 Å². The first-order valence-electron chi connectivity index (χ1n) is 7.85. The highest BCUT2D eigenvalue weighted by Gasteiger charge is 2.36. The minimum absolute atomic E-state index is 0.205. The highest BCUT2D eigenvalue weighted by molar-refractivity contribution is 5.80. The molecule has 20 heavy (non-hydrogen) atoms. The molecule has 0 bridgehead atoms. The van der Waals surface area contributed by atoms with E-state index in [1.165, 1.54) is 12.8 Å². The Labute approximate surface area is 123 Å². The van der Waals surface area contributed by atoms with E-state index in [1.54, 1.807) is 13.8 Å². The molecule has 4 nitrogen and oxygen atoms in total. The van der Waals surface area contributed by atoms with Crippen LogP contribution in [0.4, 0.5) is 0 Å². The van der Waals surface area contributed by atoms with Crippen LogP contribution < -0.4 is 5.73 Å². The SMILES string of the molecule is CCOC(=O)C(C)(N)COC1CC(C)CCC1C(C)C. The molecule has 4 atom stereocenters. The third-order valence-corrected chi connectivity index (χ3v) is 4.30. The molecule has 4 heteroatoms. The molecule has 4 unspecified atom stereocenters. The first kappa shape index (κ1) is 17.4. The third kappa shape index (κ3) is 4.74. The summed E-state index contributed by atoms with van der Waals surface area (Å²) in [4.78, 5) is 11.8. The van der Waals surface area contributed by atoms with Gasteiger partial charge in [-0.15, -0.1) is 0 Å². The number of carbonyl (C=O) groups excluding carboxylic acids is 1. The van der Waals surface area contributed by atoms with Gasteiger partial charge in [0, 0.05) is 0 Å². The average molecular weight is 285 g/mol. The maximum Gasteiger partial charge on any atom is 0.328 e. The minimum atomic E-state index is -1.06. The van der Waals surface area contributed by atoms with Gasteiger partial charge in [0.1, 0.15) is 5.54 Å². The van der Waals surface area contributed by atoms with Gasteiger partial charge in [-0.05, 0) is 44.4 Å². The quantitative estimate of drug-likeness (QED) is 0.762. The molecule has 0 saturated heterocycles. The molecule has 1 aliphatic rings. The molecule has 0 heterocycles. The van der Waals surface area contributed by atoms with E-state index in [-0.39, 0.29) is 18.7 Å². The second-order valence-corrected chi connectivity index (χ2v) is 6.81. The molecule has 0 radical (unpaired) electrons. The Balaban J connectivity index is 2.58. The lowest BCUT2D eigenvalue weighted by atomic mass is 9.75. The van der Waals surface area contributed by atoms with E-state index in [1.807, 2.05) is 0 Å². The van der Waals surface area contributed by atoms with Gasteiger partial charge in [0.2, 0.25) is 0 Å². The maximum atomic E-state index is 11.8. The Kier molecular flexibility index (Phi) is 6.46. The molecular formula is C16H31NO3. The van der Waals surface area contributed by atoms with Gasteiger partial charge in [-0.3, -0.25) is 0 Å². The van der Waals surface area contributed by atoms with Crippen molar-refractivity contribution in [3.63, 3.8) is 0 Å². The predicted octanol–water partition coefficient (Wildman–Crippen LogP) is 2.74. The van der Waals surface area contributed by atoms with Gasteiger partial charge < -0.3 is 15.2 Å². The van der Waals surface area contributed by atoms with Crippen molar-refractivity contribution in [1.29, 1.82) is 0 Å². The van der Waals surface area contributed by atoms with Gasteiger partial charge in [0.05, 0.1) is 19.3 Å². The van der Waals surface area contributed by atoms with Crippen LogP contribution in [0.15, 0.2) is 0 Å². The van der Waals surface area contributed by atoms with Crippen LogP contribution in [-0.2, 0) is 14.3 Å². The van der Waals surface area contributed by atoms with E-state index >= 15 is 0 Å². The standard InChI is InChI=1S/C16H31NO3/c1-6-19-15(18)16(5,17)10-20-14-9-12(4)7-8-13(14)11(2)3/h11-14H,6-10,17H2,1-5H3. The first-order chi connectivity index (χ1) is 9.27. The number of carbonyl (C=O) groups is 1. The molecule has 1 saturated carbocycles. The van der Waals surface area contributed by atoms with Crippen molar-refractivity contribution in [2.75, 3.05) is 13.2 Å². The van der Waals surface area contributed by atoms with Crippen molar-refractivity contribution < 1.29 is 14.3 Å². The topological polar surface area (TPSA) is 61.5 Å². The van der Waals surface area contributed by atoms with Crippen LogP contribution in [0.3, 0.4) is 0 Å². The van der Waals surface area contributed by atoms with Gasteiger partial charge >= 0.3 is 5.97 Å². The average Bonchev–Trinajstić information content (AvgIpc) is 2.36. The summed E-state index contributed by atoms with van der Waals surface area (Å²) in [5, 5.41) is 0. The van der Waals surface area contributed by atoms with E-state index in [0.29, 0.717) is 24.4 Å². The van der Waals surface area contributed by atoms with Crippen LogP contribution in [0.25, 0.3) is 0 Å². The van der Waals surface area contributed by atoms with E-state index in [0.717, 1.165) is 6.42 Å². The number of hydrogen-bond acceptors (Lipinski definition) is 4. The molecule has 1 rings (SSSR count). The van der Waals surface area contributed by atoms with Gasteiger partial charge in [0.15, 0.2) is 0 Å². The van der Waals surface area contributed by atoms with Crippen LogP contribution in [0, 0.1) is 17.8 Å². The fraction of sp³-hybridized carbons (Fsp3) is 0.938. The second-order valence-electron chi connectivity index (χ2n) is 6.81. The minimum Gasteiger partial charge on any atom is -0.465 e. The second kappa shape index (κ2) is 7.41. The van der Waals surface area contributed by atoms with Gasteiger partial charge in [0.25, 0.3) is 0 Å². The van der Waals surface area contributed by atoms with Crippen LogP contribution in [-0.4, -0.2) is 30.8 Å². The van der Waals surface area contributed by atoms with E-state index in [4.69, 9.17) is 15.2 Å². The van der Waals surface area contributed by atoms with Crippen LogP contribution in [0.1, 0.15) is 53.9 Å². The summed E-state index contributed by atoms with van der Waals surface area (Å²) in [6, 6.07) is 0. The molecule has 0 aliphatic heterocycles. The Morgan fingerprint density at radius 3 is 2.60 bits per heavy atom. The highest BCUT2D eigenvalue weighted by atomic mass is 16.5. The zero-order chi connectivity index (χ0) is 15.3. The maximum absolute atomic E-state index is 11.8. The van der Waals surface area contributed by atoms with Crippen LogP contribution in [0.2, 0.25) is 0 Å². The molecule has 1 aliphatic carbocycles. The Morgan fingerprint density at radius 1 is 1.40 bits per heavy atom. The Morgan fingerprint density at radius 2 is 2.05 bits per heavy atom. The zero-order valence-corrected chi connectivity index (χ0v) is 13.6. The number of rotatable bonds is 6. The monoisotopic (exact) mass is 285 g/mol. The highest BCUT2D eigenvalue weighted by Crippen LogP contribution is 2.35. The fourth-order valence-corrected chi connectivity index (χ4v) is 2.94. The summed E-state index contributed by atoms with van der Waals surface area (Å²) in [7, 11) is 0. The third-order valence-electron chi connectivity index (χ3n) is 4.30. The molecule has 0 aromatic rings. The van der Waals surface area contributed by atoms with Gasteiger partial charge in [-0.25, -0.2) is 4.79 Å². The summed E-state index contributed by atoms with van der Waals surface area (Å²) in [6.45, 7) is 10.8. The van der Waals surface area contributed by atoms with Crippen LogP contribution in [0.5, 0.6) is 0 Å². The number of esters is 1. The first-order valence-corrected chi connectivity index (χ1v) is 7.85. The van der Waals surface area contributed by atoms with Crippen molar-refractivity contribution in [2.45, 2.75) is 65.5 Å². The molecule has 1 fully saturated rings.